The Labute approximate surface area is 142 Å². The molecular weight excluding hydrogens is 292 g/mol. The summed E-state index contributed by atoms with van der Waals surface area (Å²) in [7, 11) is 0. The van der Waals surface area contributed by atoms with E-state index in [2.05, 4.69) is 47.5 Å². The molecule has 0 radical (unpaired) electrons. The molecule has 1 aromatic rings. The molecule has 2 fully saturated rings. The van der Waals surface area contributed by atoms with Crippen LogP contribution in [0.15, 0.2) is 30.3 Å². The Kier molecular flexibility index (Phi) is 6.73. The molecule has 3 rings (SSSR count). The molecule has 2 aliphatic heterocycles. The van der Waals surface area contributed by atoms with Crippen LogP contribution in [0.1, 0.15) is 38.2 Å². The standard InChI is InChI=1S/C19H30N2.ClH/c1-19(10-9-17-6-3-2-4-7-17)11-13-21(16-19)15-18-8-5-12-20-14-18;/h2-4,6-7,18,20H,5,8-16H2,1H3;1H. The minimum absolute atomic E-state index is 0. The Morgan fingerprint density at radius 1 is 1.27 bits per heavy atom. The van der Waals surface area contributed by atoms with E-state index in [-0.39, 0.29) is 12.4 Å². The van der Waals surface area contributed by atoms with E-state index in [0.29, 0.717) is 5.41 Å². The lowest BCUT2D eigenvalue weighted by atomic mass is 9.83. The zero-order chi connectivity index (χ0) is 14.5. The van der Waals surface area contributed by atoms with Crippen molar-refractivity contribution in [2.45, 2.75) is 39.0 Å². The Bertz CT molecular complexity index is 430. The topological polar surface area (TPSA) is 15.3 Å². The smallest absolute Gasteiger partial charge is 0.00360 e. The highest BCUT2D eigenvalue weighted by Gasteiger charge is 2.34. The summed E-state index contributed by atoms with van der Waals surface area (Å²) in [6, 6.07) is 11.0. The van der Waals surface area contributed by atoms with Crippen molar-refractivity contribution < 1.29 is 0 Å². The van der Waals surface area contributed by atoms with Gasteiger partial charge in [0.1, 0.15) is 0 Å². The SMILES string of the molecule is CC1(CCc2ccccc2)CCN(CC2CCCNC2)C1.Cl. The van der Waals surface area contributed by atoms with E-state index in [1.165, 1.54) is 70.4 Å². The number of hydrogen-bond acceptors (Lipinski definition) is 2. The number of nitrogens with one attached hydrogen (secondary N) is 1. The van der Waals surface area contributed by atoms with E-state index >= 15 is 0 Å². The van der Waals surface area contributed by atoms with Crippen LogP contribution in [0.5, 0.6) is 0 Å². The van der Waals surface area contributed by atoms with E-state index in [0.717, 1.165) is 5.92 Å². The molecule has 0 bridgehead atoms. The fourth-order valence-electron chi connectivity index (χ4n) is 4.02. The normalized spacial score (nSPS) is 29.2. The van der Waals surface area contributed by atoms with Crippen LogP contribution in [0.2, 0.25) is 0 Å². The first-order valence-electron chi connectivity index (χ1n) is 8.71. The third kappa shape index (κ3) is 4.97. The van der Waals surface area contributed by atoms with E-state index in [4.69, 9.17) is 0 Å². The largest absolute Gasteiger partial charge is 0.316 e. The van der Waals surface area contributed by atoms with Crippen LogP contribution in [0.3, 0.4) is 0 Å². The Hall–Kier alpha value is -0.570. The maximum atomic E-state index is 3.55. The van der Waals surface area contributed by atoms with Crippen molar-refractivity contribution in [1.29, 1.82) is 0 Å². The Morgan fingerprint density at radius 2 is 2.09 bits per heavy atom. The maximum absolute atomic E-state index is 3.55. The number of likely N-dealkylation sites (tertiary alicyclic amines) is 1. The van der Waals surface area contributed by atoms with Gasteiger partial charge >= 0.3 is 0 Å². The number of rotatable bonds is 5. The van der Waals surface area contributed by atoms with Crippen LogP contribution in [-0.4, -0.2) is 37.6 Å². The number of benzene rings is 1. The first kappa shape index (κ1) is 17.8. The lowest BCUT2D eigenvalue weighted by Crippen LogP contribution is -2.38. The molecular formula is C19H31ClN2. The second-order valence-electron chi connectivity index (χ2n) is 7.49. The molecule has 3 heteroatoms. The quantitative estimate of drug-likeness (QED) is 0.888. The van der Waals surface area contributed by atoms with Crippen LogP contribution >= 0.6 is 12.4 Å². The van der Waals surface area contributed by atoms with Crippen molar-refractivity contribution in [3.63, 3.8) is 0 Å². The molecule has 124 valence electrons. The zero-order valence-corrected chi connectivity index (χ0v) is 14.7. The van der Waals surface area contributed by atoms with Crippen molar-refractivity contribution in [2.24, 2.45) is 11.3 Å². The van der Waals surface area contributed by atoms with Gasteiger partial charge in [-0.2, -0.15) is 0 Å². The molecule has 2 heterocycles. The van der Waals surface area contributed by atoms with Crippen LogP contribution in [0.25, 0.3) is 0 Å². The fourth-order valence-corrected chi connectivity index (χ4v) is 4.02. The summed E-state index contributed by atoms with van der Waals surface area (Å²) in [5.74, 6) is 0.884. The van der Waals surface area contributed by atoms with Gasteiger partial charge in [0.15, 0.2) is 0 Å². The molecule has 1 N–H and O–H groups in total. The molecule has 0 saturated carbocycles. The van der Waals surface area contributed by atoms with E-state index in [9.17, 15) is 0 Å². The summed E-state index contributed by atoms with van der Waals surface area (Å²) in [6.07, 6.45) is 6.72. The van der Waals surface area contributed by atoms with Gasteiger partial charge in [-0.05, 0) is 68.6 Å². The highest BCUT2D eigenvalue weighted by atomic mass is 35.5. The minimum atomic E-state index is 0. The van der Waals surface area contributed by atoms with E-state index < -0.39 is 0 Å². The molecule has 2 atom stereocenters. The third-order valence-corrected chi connectivity index (χ3v) is 5.41. The van der Waals surface area contributed by atoms with Gasteiger partial charge in [0.25, 0.3) is 0 Å². The van der Waals surface area contributed by atoms with Crippen molar-refractivity contribution in [3.8, 4) is 0 Å². The summed E-state index contributed by atoms with van der Waals surface area (Å²) in [4.78, 5) is 2.72. The molecule has 22 heavy (non-hydrogen) atoms. The van der Waals surface area contributed by atoms with Crippen LogP contribution in [0, 0.1) is 11.3 Å². The van der Waals surface area contributed by atoms with Gasteiger partial charge in [0.05, 0.1) is 0 Å². The van der Waals surface area contributed by atoms with Crippen molar-refractivity contribution >= 4 is 12.4 Å². The number of nitrogens with zero attached hydrogens (tertiary/aromatic N) is 1. The summed E-state index contributed by atoms with van der Waals surface area (Å²) < 4.78 is 0. The number of hydrogen-bond donors (Lipinski definition) is 1. The average molecular weight is 323 g/mol. The Morgan fingerprint density at radius 3 is 2.82 bits per heavy atom. The van der Waals surface area contributed by atoms with Gasteiger partial charge in [0.2, 0.25) is 0 Å². The van der Waals surface area contributed by atoms with Gasteiger partial charge in [0, 0.05) is 13.1 Å². The summed E-state index contributed by atoms with van der Waals surface area (Å²) in [5, 5.41) is 3.55. The Balaban J connectivity index is 0.00000176. The minimum Gasteiger partial charge on any atom is -0.316 e. The number of halogens is 1. The van der Waals surface area contributed by atoms with Gasteiger partial charge in [-0.15, -0.1) is 12.4 Å². The second-order valence-corrected chi connectivity index (χ2v) is 7.49. The molecule has 0 aromatic heterocycles. The summed E-state index contributed by atoms with van der Waals surface area (Å²) >= 11 is 0. The molecule has 2 unspecified atom stereocenters. The molecule has 0 spiro atoms. The molecule has 0 amide bonds. The van der Waals surface area contributed by atoms with Gasteiger partial charge in [-0.25, -0.2) is 0 Å². The zero-order valence-electron chi connectivity index (χ0n) is 13.9. The van der Waals surface area contributed by atoms with Crippen molar-refractivity contribution in [1.82, 2.24) is 10.2 Å². The predicted octanol–water partition coefficient (Wildman–Crippen LogP) is 3.75. The monoisotopic (exact) mass is 322 g/mol. The second kappa shape index (κ2) is 8.33. The molecule has 2 saturated heterocycles. The average Bonchev–Trinajstić information content (AvgIpc) is 2.89. The molecule has 2 aliphatic rings. The van der Waals surface area contributed by atoms with Gasteiger partial charge in [-0.3, -0.25) is 0 Å². The van der Waals surface area contributed by atoms with Gasteiger partial charge < -0.3 is 10.2 Å². The predicted molar refractivity (Wildman–Crippen MR) is 96.8 cm³/mol. The summed E-state index contributed by atoms with van der Waals surface area (Å²) in [5.41, 5.74) is 2.02. The van der Waals surface area contributed by atoms with Crippen LogP contribution in [-0.2, 0) is 6.42 Å². The van der Waals surface area contributed by atoms with Crippen molar-refractivity contribution in [3.05, 3.63) is 35.9 Å². The number of aryl methyl sites for hydroxylation is 1. The molecule has 2 nitrogen and oxygen atoms in total. The van der Waals surface area contributed by atoms with Crippen molar-refractivity contribution in [2.75, 3.05) is 32.7 Å². The lowest BCUT2D eigenvalue weighted by Gasteiger charge is -2.29. The van der Waals surface area contributed by atoms with E-state index in [1.54, 1.807) is 0 Å². The summed E-state index contributed by atoms with van der Waals surface area (Å²) in [6.45, 7) is 8.88. The first-order valence-corrected chi connectivity index (χ1v) is 8.71. The lowest BCUT2D eigenvalue weighted by molar-refractivity contribution is 0.213. The molecule has 0 aliphatic carbocycles. The maximum Gasteiger partial charge on any atom is 0.00360 e. The van der Waals surface area contributed by atoms with Gasteiger partial charge in [-0.1, -0.05) is 37.3 Å². The first-order chi connectivity index (χ1) is 10.2. The van der Waals surface area contributed by atoms with E-state index in [1.807, 2.05) is 0 Å². The third-order valence-electron chi connectivity index (χ3n) is 5.41. The van der Waals surface area contributed by atoms with Crippen LogP contribution in [0.4, 0.5) is 0 Å². The molecule has 1 aromatic carbocycles. The highest BCUT2D eigenvalue weighted by Crippen LogP contribution is 2.35. The highest BCUT2D eigenvalue weighted by molar-refractivity contribution is 5.85. The fraction of sp³-hybridized carbons (Fsp3) is 0.684. The number of piperidine rings is 1. The van der Waals surface area contributed by atoms with Crippen LogP contribution < -0.4 is 5.32 Å².